The van der Waals surface area contributed by atoms with Crippen LogP contribution in [0.15, 0.2) is 0 Å². The van der Waals surface area contributed by atoms with E-state index in [1.54, 1.807) is 21.3 Å². The highest BCUT2D eigenvalue weighted by molar-refractivity contribution is 6.61. The Balaban J connectivity index is 4.41. The van der Waals surface area contributed by atoms with Crippen molar-refractivity contribution in [3.05, 3.63) is 0 Å². The SMILES string of the molecule is CCO[Si](CCCC[Si](OC)(OC)OC)(OCC)OCC. The molecule has 0 atom stereocenters. The van der Waals surface area contributed by atoms with E-state index in [9.17, 15) is 0 Å². The van der Waals surface area contributed by atoms with Gasteiger partial charge in [0, 0.05) is 53.2 Å². The van der Waals surface area contributed by atoms with Gasteiger partial charge in [-0.25, -0.2) is 0 Å². The Bertz CT molecular complexity index is 226. The zero-order valence-corrected chi connectivity index (χ0v) is 16.4. The summed E-state index contributed by atoms with van der Waals surface area (Å²) in [5.41, 5.74) is 0. The highest BCUT2D eigenvalue weighted by Gasteiger charge is 2.41. The summed E-state index contributed by atoms with van der Waals surface area (Å²) >= 11 is 0. The van der Waals surface area contributed by atoms with Gasteiger partial charge in [0.25, 0.3) is 0 Å². The number of unbranched alkanes of at least 4 members (excludes halogenated alkanes) is 1. The lowest BCUT2D eigenvalue weighted by atomic mass is 10.4. The summed E-state index contributed by atoms with van der Waals surface area (Å²) in [6.07, 6.45) is 1.88. The van der Waals surface area contributed by atoms with Gasteiger partial charge in [-0.15, -0.1) is 0 Å². The van der Waals surface area contributed by atoms with E-state index in [1.165, 1.54) is 0 Å². The molecule has 21 heavy (non-hydrogen) atoms. The van der Waals surface area contributed by atoms with Crippen molar-refractivity contribution in [1.29, 1.82) is 0 Å². The quantitative estimate of drug-likeness (QED) is 0.358. The average molecular weight is 341 g/mol. The Morgan fingerprint density at radius 3 is 1.19 bits per heavy atom. The summed E-state index contributed by atoms with van der Waals surface area (Å²) in [6, 6.07) is 1.59. The second-order valence-electron chi connectivity index (χ2n) is 4.48. The lowest BCUT2D eigenvalue weighted by Gasteiger charge is -2.29. The minimum Gasteiger partial charge on any atom is -0.377 e. The molecule has 0 N–H and O–H groups in total. The van der Waals surface area contributed by atoms with Crippen molar-refractivity contribution in [2.45, 2.75) is 45.7 Å². The molecule has 0 spiro atoms. The van der Waals surface area contributed by atoms with Gasteiger partial charge in [-0.3, -0.25) is 0 Å². The van der Waals surface area contributed by atoms with Crippen LogP contribution in [0.5, 0.6) is 0 Å². The molecule has 8 heteroatoms. The first kappa shape index (κ1) is 21.2. The highest BCUT2D eigenvalue weighted by atomic mass is 28.4. The summed E-state index contributed by atoms with van der Waals surface area (Å²) < 4.78 is 33.8. The predicted molar refractivity (Wildman–Crippen MR) is 86.3 cm³/mol. The monoisotopic (exact) mass is 340 g/mol. The van der Waals surface area contributed by atoms with E-state index in [0.717, 1.165) is 24.9 Å². The second kappa shape index (κ2) is 11.7. The van der Waals surface area contributed by atoms with Gasteiger partial charge in [0.2, 0.25) is 0 Å². The summed E-state index contributed by atoms with van der Waals surface area (Å²) in [5, 5.41) is 0. The van der Waals surface area contributed by atoms with Crippen LogP contribution in [0, 0.1) is 0 Å². The van der Waals surface area contributed by atoms with E-state index in [0.29, 0.717) is 19.8 Å². The third-order valence-electron chi connectivity index (χ3n) is 3.24. The fourth-order valence-electron chi connectivity index (χ4n) is 2.24. The zero-order chi connectivity index (χ0) is 16.2. The lowest BCUT2D eigenvalue weighted by Crippen LogP contribution is -2.46. The average Bonchev–Trinajstić information content (AvgIpc) is 2.49. The Hall–Kier alpha value is 0.194. The molecule has 0 bridgehead atoms. The first-order chi connectivity index (χ1) is 10.1. The van der Waals surface area contributed by atoms with Crippen molar-refractivity contribution in [2.24, 2.45) is 0 Å². The number of hydrogen-bond donors (Lipinski definition) is 0. The van der Waals surface area contributed by atoms with Gasteiger partial charge < -0.3 is 26.6 Å². The van der Waals surface area contributed by atoms with Crippen molar-refractivity contribution in [1.82, 2.24) is 0 Å². The standard InChI is InChI=1S/C13H32O6Si2/c1-7-17-21(18-8-2,19-9-3)13-11-10-12-20(14-4,15-5)16-6/h7-13H2,1-6H3. The molecule has 0 saturated heterocycles. The van der Waals surface area contributed by atoms with Gasteiger partial charge in [0.15, 0.2) is 0 Å². The van der Waals surface area contributed by atoms with E-state index < -0.39 is 17.6 Å². The second-order valence-corrected chi connectivity index (χ2v) is 10.3. The molecule has 0 aromatic rings. The van der Waals surface area contributed by atoms with Gasteiger partial charge in [-0.2, -0.15) is 0 Å². The fraction of sp³-hybridized carbons (Fsp3) is 1.00. The third-order valence-corrected chi connectivity index (χ3v) is 9.23. The minimum absolute atomic E-state index is 0.610. The van der Waals surface area contributed by atoms with Crippen molar-refractivity contribution >= 4 is 17.6 Å². The van der Waals surface area contributed by atoms with E-state index in [2.05, 4.69) is 0 Å². The van der Waals surface area contributed by atoms with Gasteiger partial charge in [-0.1, -0.05) is 0 Å². The molecule has 0 aliphatic heterocycles. The molecule has 0 amide bonds. The Labute approximate surface area is 131 Å². The maximum absolute atomic E-state index is 5.83. The summed E-state index contributed by atoms with van der Waals surface area (Å²) in [5.74, 6) is 0. The van der Waals surface area contributed by atoms with Crippen LogP contribution in [0.3, 0.4) is 0 Å². The molecule has 0 heterocycles. The third kappa shape index (κ3) is 7.33. The van der Waals surface area contributed by atoms with Crippen LogP contribution in [-0.2, 0) is 26.6 Å². The van der Waals surface area contributed by atoms with Crippen molar-refractivity contribution in [3.8, 4) is 0 Å². The maximum atomic E-state index is 5.83. The smallest absolute Gasteiger partial charge is 0.377 e. The molecule has 0 aromatic carbocycles. The molecule has 128 valence electrons. The Morgan fingerprint density at radius 1 is 0.571 bits per heavy atom. The normalized spacial score (nSPS) is 12.9. The molecule has 0 saturated carbocycles. The Kier molecular flexibility index (Phi) is 11.8. The highest BCUT2D eigenvalue weighted by Crippen LogP contribution is 2.23. The first-order valence-electron chi connectivity index (χ1n) is 7.64. The maximum Gasteiger partial charge on any atom is 0.500 e. The van der Waals surface area contributed by atoms with Crippen molar-refractivity contribution in [3.63, 3.8) is 0 Å². The van der Waals surface area contributed by atoms with Gasteiger partial charge >= 0.3 is 17.6 Å². The summed E-state index contributed by atoms with van der Waals surface area (Å²) in [7, 11) is -0.0925. The molecule has 0 aliphatic carbocycles. The first-order valence-corrected chi connectivity index (χ1v) is 11.5. The molecule has 0 rings (SSSR count). The molecule has 0 unspecified atom stereocenters. The molecule has 6 nitrogen and oxygen atoms in total. The predicted octanol–water partition coefficient (Wildman–Crippen LogP) is 2.69. The topological polar surface area (TPSA) is 55.4 Å². The van der Waals surface area contributed by atoms with E-state index in [-0.39, 0.29) is 0 Å². The van der Waals surface area contributed by atoms with E-state index >= 15 is 0 Å². The molecule has 0 fully saturated rings. The molecular weight excluding hydrogens is 308 g/mol. The van der Waals surface area contributed by atoms with Crippen molar-refractivity contribution in [2.75, 3.05) is 41.2 Å². The molecular formula is C13H32O6Si2. The van der Waals surface area contributed by atoms with Crippen LogP contribution in [0.1, 0.15) is 33.6 Å². The van der Waals surface area contributed by atoms with Gasteiger partial charge in [0.05, 0.1) is 0 Å². The summed E-state index contributed by atoms with van der Waals surface area (Å²) in [6.45, 7) is 7.74. The van der Waals surface area contributed by atoms with E-state index in [4.69, 9.17) is 26.6 Å². The fourth-order valence-corrected chi connectivity index (χ4v) is 6.72. The van der Waals surface area contributed by atoms with Crippen LogP contribution in [0.25, 0.3) is 0 Å². The number of hydrogen-bond acceptors (Lipinski definition) is 6. The van der Waals surface area contributed by atoms with Gasteiger partial charge in [0.1, 0.15) is 0 Å². The van der Waals surface area contributed by atoms with Crippen LogP contribution in [0.4, 0.5) is 0 Å². The minimum atomic E-state index is -2.53. The molecule has 0 aromatic heterocycles. The number of rotatable bonds is 14. The van der Waals surface area contributed by atoms with Crippen LogP contribution in [-0.4, -0.2) is 58.8 Å². The Morgan fingerprint density at radius 2 is 0.905 bits per heavy atom. The summed E-state index contributed by atoms with van der Waals surface area (Å²) in [4.78, 5) is 0. The van der Waals surface area contributed by atoms with Crippen LogP contribution < -0.4 is 0 Å². The molecule has 0 radical (unpaired) electrons. The van der Waals surface area contributed by atoms with Crippen LogP contribution in [0.2, 0.25) is 12.1 Å². The zero-order valence-electron chi connectivity index (χ0n) is 14.4. The van der Waals surface area contributed by atoms with Crippen LogP contribution >= 0.6 is 0 Å². The largest absolute Gasteiger partial charge is 0.500 e. The van der Waals surface area contributed by atoms with Crippen molar-refractivity contribution < 1.29 is 26.6 Å². The lowest BCUT2D eigenvalue weighted by molar-refractivity contribution is 0.0704. The van der Waals surface area contributed by atoms with E-state index in [1.807, 2.05) is 20.8 Å². The van der Waals surface area contributed by atoms with Gasteiger partial charge in [-0.05, 0) is 33.6 Å². The molecule has 0 aliphatic rings.